The molecule has 2 amide bonds. The molecular formula is C17H22N4O3S. The number of nitrogens with zero attached hydrogens (tertiary/aromatic N) is 2. The molecule has 0 unspecified atom stereocenters. The molecule has 0 bridgehead atoms. The number of hydrogen-bond donors (Lipinski definition) is 2. The number of aryl methyl sites for hydroxylation is 1. The van der Waals surface area contributed by atoms with Gasteiger partial charge in [0.15, 0.2) is 0 Å². The molecule has 7 nitrogen and oxygen atoms in total. The summed E-state index contributed by atoms with van der Waals surface area (Å²) in [6, 6.07) is 7.13. The molecule has 134 valence electrons. The number of amides is 2. The highest BCUT2D eigenvalue weighted by molar-refractivity contribution is 7.99. The van der Waals surface area contributed by atoms with Crippen molar-refractivity contribution in [3.8, 4) is 11.5 Å². The Balaban J connectivity index is 1.84. The van der Waals surface area contributed by atoms with Crippen LogP contribution in [0.3, 0.4) is 0 Å². The van der Waals surface area contributed by atoms with Gasteiger partial charge in [-0.05, 0) is 31.9 Å². The van der Waals surface area contributed by atoms with E-state index in [1.54, 1.807) is 6.92 Å². The summed E-state index contributed by atoms with van der Waals surface area (Å²) in [6.45, 7) is 6.18. The molecule has 2 rings (SSSR count). The number of nitrogens with one attached hydrogen (secondary N) is 2. The van der Waals surface area contributed by atoms with E-state index in [2.05, 4.69) is 20.8 Å². The van der Waals surface area contributed by atoms with Crippen LogP contribution in [0.5, 0.6) is 0 Å². The van der Waals surface area contributed by atoms with Crippen LogP contribution in [0.2, 0.25) is 0 Å². The number of carbonyl (C=O) groups excluding carboxylic acids is 2. The smallest absolute Gasteiger partial charge is 0.277 e. The Bertz CT molecular complexity index is 732. The molecule has 25 heavy (non-hydrogen) atoms. The zero-order valence-corrected chi connectivity index (χ0v) is 15.4. The Morgan fingerprint density at radius 2 is 2.04 bits per heavy atom. The lowest BCUT2D eigenvalue weighted by Gasteiger charge is -2.13. The van der Waals surface area contributed by atoms with Gasteiger partial charge in [-0.15, -0.1) is 10.2 Å². The van der Waals surface area contributed by atoms with E-state index in [1.807, 2.05) is 38.1 Å². The summed E-state index contributed by atoms with van der Waals surface area (Å²) in [5, 5.41) is 13.7. The molecule has 2 N–H and O–H groups in total. The molecule has 1 aromatic carbocycles. The second kappa shape index (κ2) is 9.22. The minimum atomic E-state index is -0.579. The van der Waals surface area contributed by atoms with Crippen molar-refractivity contribution in [2.45, 2.75) is 38.5 Å². The van der Waals surface area contributed by atoms with E-state index in [4.69, 9.17) is 4.42 Å². The third-order valence-corrected chi connectivity index (χ3v) is 4.25. The van der Waals surface area contributed by atoms with Crippen molar-refractivity contribution in [2.75, 3.05) is 12.3 Å². The SMILES string of the molecule is CCCNC(=O)[C@@H](C)NC(=O)CSc1nnc(-c2ccccc2C)o1. The third kappa shape index (κ3) is 5.60. The van der Waals surface area contributed by atoms with Crippen LogP contribution in [0.25, 0.3) is 11.5 Å². The minimum Gasteiger partial charge on any atom is -0.411 e. The Morgan fingerprint density at radius 3 is 2.76 bits per heavy atom. The number of rotatable bonds is 8. The zero-order valence-electron chi connectivity index (χ0n) is 14.5. The molecule has 1 atom stereocenters. The largest absolute Gasteiger partial charge is 0.411 e. The predicted octanol–water partition coefficient (Wildman–Crippen LogP) is 2.17. The van der Waals surface area contributed by atoms with E-state index in [0.717, 1.165) is 29.3 Å². The summed E-state index contributed by atoms with van der Waals surface area (Å²) in [5.74, 6) is 0.0637. The van der Waals surface area contributed by atoms with Crippen molar-refractivity contribution < 1.29 is 14.0 Å². The van der Waals surface area contributed by atoms with E-state index in [0.29, 0.717) is 17.7 Å². The molecule has 0 aliphatic carbocycles. The van der Waals surface area contributed by atoms with E-state index in [1.165, 1.54) is 0 Å². The van der Waals surface area contributed by atoms with Crippen molar-refractivity contribution in [2.24, 2.45) is 0 Å². The molecule has 0 radical (unpaired) electrons. The minimum absolute atomic E-state index is 0.0980. The van der Waals surface area contributed by atoms with Gasteiger partial charge < -0.3 is 15.1 Å². The standard InChI is InChI=1S/C17H22N4O3S/c1-4-9-18-15(23)12(3)19-14(22)10-25-17-21-20-16(24-17)13-8-6-5-7-11(13)2/h5-8,12H,4,9-10H2,1-3H3,(H,18,23)(H,19,22)/t12-/m1/s1. The van der Waals surface area contributed by atoms with Crippen molar-refractivity contribution >= 4 is 23.6 Å². The maximum atomic E-state index is 11.9. The Hall–Kier alpha value is -2.35. The number of thioether (sulfide) groups is 1. The number of carbonyl (C=O) groups is 2. The van der Waals surface area contributed by atoms with Crippen LogP contribution in [-0.4, -0.2) is 40.4 Å². The van der Waals surface area contributed by atoms with Gasteiger partial charge in [-0.3, -0.25) is 9.59 Å². The van der Waals surface area contributed by atoms with Crippen LogP contribution >= 0.6 is 11.8 Å². The summed E-state index contributed by atoms with van der Waals surface area (Å²) in [7, 11) is 0. The second-order valence-corrected chi connectivity index (χ2v) is 6.48. The molecule has 2 aromatic rings. The van der Waals surface area contributed by atoms with Gasteiger partial charge in [0.25, 0.3) is 5.22 Å². The lowest BCUT2D eigenvalue weighted by atomic mass is 10.1. The fourth-order valence-electron chi connectivity index (χ4n) is 2.07. The van der Waals surface area contributed by atoms with Gasteiger partial charge in [-0.2, -0.15) is 0 Å². The molecule has 0 saturated heterocycles. The summed E-state index contributed by atoms with van der Waals surface area (Å²) in [6.07, 6.45) is 0.850. The molecular weight excluding hydrogens is 340 g/mol. The van der Waals surface area contributed by atoms with Gasteiger partial charge in [-0.25, -0.2) is 0 Å². The van der Waals surface area contributed by atoms with Crippen LogP contribution in [0, 0.1) is 6.92 Å². The van der Waals surface area contributed by atoms with Gasteiger partial charge in [0, 0.05) is 12.1 Å². The third-order valence-electron chi connectivity index (χ3n) is 3.43. The Kier molecular flexibility index (Phi) is 7.00. The van der Waals surface area contributed by atoms with Gasteiger partial charge in [0.1, 0.15) is 6.04 Å². The number of benzene rings is 1. The van der Waals surface area contributed by atoms with Gasteiger partial charge in [-0.1, -0.05) is 36.9 Å². The highest BCUT2D eigenvalue weighted by Gasteiger charge is 2.16. The lowest BCUT2D eigenvalue weighted by Crippen LogP contribution is -2.45. The first-order valence-electron chi connectivity index (χ1n) is 8.10. The fraction of sp³-hybridized carbons (Fsp3) is 0.412. The monoisotopic (exact) mass is 362 g/mol. The predicted molar refractivity (Wildman–Crippen MR) is 96.1 cm³/mol. The van der Waals surface area contributed by atoms with Gasteiger partial charge in [0.05, 0.1) is 5.75 Å². The average Bonchev–Trinajstić information content (AvgIpc) is 3.07. The molecule has 0 aliphatic rings. The van der Waals surface area contributed by atoms with Crippen LogP contribution in [-0.2, 0) is 9.59 Å². The quantitative estimate of drug-likeness (QED) is 0.699. The molecule has 8 heteroatoms. The summed E-state index contributed by atoms with van der Waals surface area (Å²) in [5.41, 5.74) is 1.90. The van der Waals surface area contributed by atoms with Crippen LogP contribution in [0.15, 0.2) is 33.9 Å². The summed E-state index contributed by atoms with van der Waals surface area (Å²) < 4.78 is 5.59. The molecule has 1 aromatic heterocycles. The number of aromatic nitrogens is 2. The molecule has 0 fully saturated rings. The first-order chi connectivity index (χ1) is 12.0. The number of hydrogen-bond acceptors (Lipinski definition) is 6. The van der Waals surface area contributed by atoms with Crippen LogP contribution in [0.4, 0.5) is 0 Å². The Morgan fingerprint density at radius 1 is 1.28 bits per heavy atom. The van der Waals surface area contributed by atoms with Crippen molar-refractivity contribution in [1.29, 1.82) is 0 Å². The maximum absolute atomic E-state index is 11.9. The lowest BCUT2D eigenvalue weighted by molar-refractivity contribution is -0.127. The molecule has 1 heterocycles. The topological polar surface area (TPSA) is 97.1 Å². The molecule has 0 spiro atoms. The fourth-order valence-corrected chi connectivity index (χ4v) is 2.64. The van der Waals surface area contributed by atoms with Crippen molar-refractivity contribution in [3.63, 3.8) is 0 Å². The van der Waals surface area contributed by atoms with Crippen LogP contribution < -0.4 is 10.6 Å². The van der Waals surface area contributed by atoms with Crippen molar-refractivity contribution in [1.82, 2.24) is 20.8 Å². The maximum Gasteiger partial charge on any atom is 0.277 e. The Labute approximate surface area is 151 Å². The first kappa shape index (κ1) is 19.0. The molecule has 0 aliphatic heterocycles. The highest BCUT2D eigenvalue weighted by Crippen LogP contribution is 2.25. The van der Waals surface area contributed by atoms with E-state index in [-0.39, 0.29) is 17.6 Å². The van der Waals surface area contributed by atoms with Gasteiger partial charge in [0.2, 0.25) is 17.7 Å². The van der Waals surface area contributed by atoms with Crippen LogP contribution in [0.1, 0.15) is 25.8 Å². The summed E-state index contributed by atoms with van der Waals surface area (Å²) >= 11 is 1.14. The highest BCUT2D eigenvalue weighted by atomic mass is 32.2. The first-order valence-corrected chi connectivity index (χ1v) is 9.09. The van der Waals surface area contributed by atoms with Gasteiger partial charge >= 0.3 is 0 Å². The zero-order chi connectivity index (χ0) is 18.2. The van der Waals surface area contributed by atoms with E-state index < -0.39 is 6.04 Å². The second-order valence-electron chi connectivity index (χ2n) is 5.56. The van der Waals surface area contributed by atoms with E-state index >= 15 is 0 Å². The summed E-state index contributed by atoms with van der Waals surface area (Å²) in [4.78, 5) is 23.7. The normalized spacial score (nSPS) is 11.8. The van der Waals surface area contributed by atoms with Crippen molar-refractivity contribution in [3.05, 3.63) is 29.8 Å². The average molecular weight is 362 g/mol. The van der Waals surface area contributed by atoms with E-state index in [9.17, 15) is 9.59 Å². The molecule has 0 saturated carbocycles.